The summed E-state index contributed by atoms with van der Waals surface area (Å²) < 4.78 is 5.79. The summed E-state index contributed by atoms with van der Waals surface area (Å²) in [6.45, 7) is 0. The fourth-order valence-corrected chi connectivity index (χ4v) is 5.84. The lowest BCUT2D eigenvalue weighted by Gasteiger charge is -2.39. The number of methoxy groups -OCH3 is 1. The van der Waals surface area contributed by atoms with E-state index >= 15 is 0 Å². The van der Waals surface area contributed by atoms with Gasteiger partial charge in [-0.3, -0.25) is 4.79 Å². The summed E-state index contributed by atoms with van der Waals surface area (Å²) in [5.41, 5.74) is 0.0129. The van der Waals surface area contributed by atoms with E-state index in [-0.39, 0.29) is 5.41 Å². The number of allylic oxidation sites excluding steroid dienone is 2. The van der Waals surface area contributed by atoms with E-state index in [0.717, 1.165) is 25.7 Å². The Morgan fingerprint density at radius 2 is 2.33 bits per heavy atom. The summed E-state index contributed by atoms with van der Waals surface area (Å²) in [5.74, 6) is 3.07. The highest BCUT2D eigenvalue weighted by molar-refractivity contribution is 5.87. The second-order valence-electron chi connectivity index (χ2n) is 6.78. The summed E-state index contributed by atoms with van der Waals surface area (Å²) in [7, 11) is 1.84. The highest BCUT2D eigenvalue weighted by Gasteiger charge is 2.67. The Kier molecular flexibility index (Phi) is 2.30. The van der Waals surface area contributed by atoms with Gasteiger partial charge in [0.15, 0.2) is 0 Å². The molecule has 3 saturated carbocycles. The molecule has 98 valence electrons. The molecular formula is C16H22O2. The van der Waals surface area contributed by atoms with E-state index in [1.54, 1.807) is 0 Å². The van der Waals surface area contributed by atoms with Gasteiger partial charge in [-0.1, -0.05) is 12.2 Å². The van der Waals surface area contributed by atoms with E-state index in [1.165, 1.54) is 12.8 Å². The van der Waals surface area contributed by atoms with Crippen LogP contribution in [0.25, 0.3) is 0 Å². The molecule has 3 fully saturated rings. The summed E-state index contributed by atoms with van der Waals surface area (Å²) in [6.07, 6.45) is 11.7. The molecule has 0 aromatic rings. The smallest absolute Gasteiger partial charge is 0.139 e. The minimum Gasteiger partial charge on any atom is -0.381 e. The largest absolute Gasteiger partial charge is 0.381 e. The molecule has 6 atom stereocenters. The maximum atomic E-state index is 12.7. The van der Waals surface area contributed by atoms with Crippen LogP contribution in [0.15, 0.2) is 12.2 Å². The summed E-state index contributed by atoms with van der Waals surface area (Å²) in [4.78, 5) is 12.7. The summed E-state index contributed by atoms with van der Waals surface area (Å²) >= 11 is 0. The minimum atomic E-state index is 0.0129. The third-order valence-corrected chi connectivity index (χ3v) is 6.40. The number of hydrogen-bond acceptors (Lipinski definition) is 2. The molecule has 0 heterocycles. The maximum Gasteiger partial charge on any atom is 0.139 e. The molecule has 0 aromatic heterocycles. The van der Waals surface area contributed by atoms with Crippen molar-refractivity contribution in [3.05, 3.63) is 12.2 Å². The first-order chi connectivity index (χ1) is 8.77. The van der Waals surface area contributed by atoms with Gasteiger partial charge in [-0.25, -0.2) is 0 Å². The second-order valence-corrected chi connectivity index (χ2v) is 6.78. The van der Waals surface area contributed by atoms with Crippen LogP contribution in [0, 0.1) is 29.1 Å². The van der Waals surface area contributed by atoms with Crippen molar-refractivity contribution in [3.8, 4) is 0 Å². The van der Waals surface area contributed by atoms with Crippen LogP contribution in [0.5, 0.6) is 0 Å². The highest BCUT2D eigenvalue weighted by atomic mass is 16.5. The van der Waals surface area contributed by atoms with Crippen LogP contribution in [0.4, 0.5) is 0 Å². The molecule has 1 spiro atoms. The number of hydrogen-bond donors (Lipinski definition) is 0. The van der Waals surface area contributed by atoms with Crippen molar-refractivity contribution in [3.63, 3.8) is 0 Å². The molecule has 0 amide bonds. The minimum absolute atomic E-state index is 0.0129. The van der Waals surface area contributed by atoms with Crippen molar-refractivity contribution in [2.24, 2.45) is 29.1 Å². The van der Waals surface area contributed by atoms with Gasteiger partial charge in [-0.05, 0) is 49.9 Å². The molecule has 18 heavy (non-hydrogen) atoms. The van der Waals surface area contributed by atoms with E-state index < -0.39 is 0 Å². The first-order valence-electron chi connectivity index (χ1n) is 7.50. The number of carbonyl (C=O) groups excluding carboxylic acids is 1. The summed E-state index contributed by atoms with van der Waals surface area (Å²) in [6, 6.07) is 0. The predicted molar refractivity (Wildman–Crippen MR) is 69.0 cm³/mol. The Bertz CT molecular complexity index is 413. The summed E-state index contributed by atoms with van der Waals surface area (Å²) in [5, 5.41) is 0. The lowest BCUT2D eigenvalue weighted by Crippen LogP contribution is -2.42. The van der Waals surface area contributed by atoms with Gasteiger partial charge in [0, 0.05) is 24.9 Å². The highest BCUT2D eigenvalue weighted by Crippen LogP contribution is 2.67. The molecule has 4 aliphatic rings. The van der Waals surface area contributed by atoms with E-state index in [0.29, 0.717) is 35.6 Å². The number of carbonyl (C=O) groups is 1. The molecule has 0 aromatic carbocycles. The Morgan fingerprint density at radius 3 is 3.17 bits per heavy atom. The Labute approximate surface area is 109 Å². The Hall–Kier alpha value is -0.630. The molecule has 0 bridgehead atoms. The van der Waals surface area contributed by atoms with E-state index in [2.05, 4.69) is 12.2 Å². The van der Waals surface area contributed by atoms with E-state index in [4.69, 9.17) is 4.74 Å². The zero-order chi connectivity index (χ0) is 12.3. The van der Waals surface area contributed by atoms with Crippen LogP contribution in [0.1, 0.15) is 38.5 Å². The Morgan fingerprint density at radius 1 is 1.44 bits per heavy atom. The van der Waals surface area contributed by atoms with E-state index in [9.17, 15) is 4.79 Å². The maximum absolute atomic E-state index is 12.7. The molecule has 2 heteroatoms. The molecule has 0 radical (unpaired) electrons. The van der Waals surface area contributed by atoms with Gasteiger partial charge in [0.2, 0.25) is 0 Å². The van der Waals surface area contributed by atoms with Crippen LogP contribution in [-0.4, -0.2) is 19.0 Å². The monoisotopic (exact) mass is 246 g/mol. The molecule has 1 unspecified atom stereocenters. The van der Waals surface area contributed by atoms with Crippen LogP contribution >= 0.6 is 0 Å². The molecule has 4 aliphatic carbocycles. The fraction of sp³-hybridized carbons (Fsp3) is 0.812. The van der Waals surface area contributed by atoms with Gasteiger partial charge in [-0.15, -0.1) is 0 Å². The van der Waals surface area contributed by atoms with Crippen LogP contribution in [0.3, 0.4) is 0 Å². The lowest BCUT2D eigenvalue weighted by atomic mass is 9.63. The van der Waals surface area contributed by atoms with Crippen LogP contribution in [-0.2, 0) is 9.53 Å². The van der Waals surface area contributed by atoms with Crippen molar-refractivity contribution < 1.29 is 9.53 Å². The number of rotatable bonds is 1. The van der Waals surface area contributed by atoms with Crippen molar-refractivity contribution >= 4 is 5.78 Å². The molecule has 4 rings (SSSR count). The number of fused-ring (bicyclic) bond motifs is 2. The molecule has 0 saturated heterocycles. The fourth-order valence-electron chi connectivity index (χ4n) is 5.84. The molecule has 2 nitrogen and oxygen atoms in total. The lowest BCUT2D eigenvalue weighted by molar-refractivity contribution is -0.136. The van der Waals surface area contributed by atoms with Gasteiger partial charge in [0.05, 0.1) is 6.10 Å². The van der Waals surface area contributed by atoms with Crippen molar-refractivity contribution in [1.29, 1.82) is 0 Å². The zero-order valence-corrected chi connectivity index (χ0v) is 11.1. The van der Waals surface area contributed by atoms with E-state index in [1.807, 2.05) is 7.11 Å². The van der Waals surface area contributed by atoms with Crippen LogP contribution < -0.4 is 0 Å². The third-order valence-electron chi connectivity index (χ3n) is 6.40. The predicted octanol–water partition coefficient (Wildman–Crippen LogP) is 2.97. The van der Waals surface area contributed by atoms with Crippen molar-refractivity contribution in [1.82, 2.24) is 0 Å². The molecule has 0 N–H and O–H groups in total. The van der Waals surface area contributed by atoms with Gasteiger partial charge < -0.3 is 4.74 Å². The van der Waals surface area contributed by atoms with Gasteiger partial charge >= 0.3 is 0 Å². The van der Waals surface area contributed by atoms with Gasteiger partial charge in [0.1, 0.15) is 5.78 Å². The average molecular weight is 246 g/mol. The quantitative estimate of drug-likeness (QED) is 0.665. The topological polar surface area (TPSA) is 26.3 Å². The van der Waals surface area contributed by atoms with Gasteiger partial charge in [0.25, 0.3) is 0 Å². The Balaban J connectivity index is 1.79. The average Bonchev–Trinajstić information content (AvgIpc) is 2.97. The molecule has 0 aliphatic heterocycles. The van der Waals surface area contributed by atoms with Gasteiger partial charge in [-0.2, -0.15) is 0 Å². The molecular weight excluding hydrogens is 224 g/mol. The normalized spacial score (nSPS) is 53.4. The zero-order valence-electron chi connectivity index (χ0n) is 11.1. The second kappa shape index (κ2) is 3.69. The van der Waals surface area contributed by atoms with Crippen molar-refractivity contribution in [2.45, 2.75) is 44.6 Å². The SMILES string of the molecule is COC1C[C@@H]2CCCC(=O)[C@@]23C[C@@H]2C=CC[C@@H]2[C@@H]13. The first kappa shape index (κ1) is 11.2. The van der Waals surface area contributed by atoms with Crippen LogP contribution in [0.2, 0.25) is 0 Å². The number of ether oxygens (including phenoxy) is 1. The number of Topliss-reactive ketones (excluding diaryl/α,β-unsaturated/α-hetero) is 1. The number of ketones is 1. The first-order valence-corrected chi connectivity index (χ1v) is 7.50. The van der Waals surface area contributed by atoms with Crippen molar-refractivity contribution in [2.75, 3.05) is 7.11 Å². The standard InChI is InChI=1S/C16H22O2/c1-18-13-8-11-5-3-7-14(17)16(11)9-10-4-2-6-12(10)15(13)16/h2,4,10-13,15H,3,5-9H2,1H3/t10-,11-,12-,13?,15-,16+/m0/s1. The third kappa shape index (κ3) is 1.16.